The van der Waals surface area contributed by atoms with Crippen LogP contribution in [0.25, 0.3) is 17.1 Å². The first-order valence-corrected chi connectivity index (χ1v) is 13.5. The number of thiazole rings is 1. The highest BCUT2D eigenvalue weighted by atomic mass is 32.2. The van der Waals surface area contributed by atoms with Crippen molar-refractivity contribution in [2.24, 2.45) is 0 Å². The Balaban J connectivity index is 1.32. The molecule has 0 spiro atoms. The highest BCUT2D eigenvalue weighted by Crippen LogP contribution is 2.30. The molecule has 1 saturated heterocycles. The molecule has 5 rings (SSSR count). The lowest BCUT2D eigenvalue weighted by Gasteiger charge is -2.14. The van der Waals surface area contributed by atoms with Gasteiger partial charge in [-0.1, -0.05) is 29.5 Å². The lowest BCUT2D eigenvalue weighted by Crippen LogP contribution is -2.45. The Morgan fingerprint density at radius 2 is 1.97 bits per heavy atom. The number of benzene rings is 1. The maximum atomic E-state index is 12.7. The monoisotopic (exact) mass is 519 g/mol. The van der Waals surface area contributed by atoms with Gasteiger partial charge >= 0.3 is 0 Å². The van der Waals surface area contributed by atoms with E-state index in [0.717, 1.165) is 40.1 Å². The van der Waals surface area contributed by atoms with Crippen molar-refractivity contribution in [1.82, 2.24) is 35.4 Å². The summed E-state index contributed by atoms with van der Waals surface area (Å²) >= 11 is 2.92. The highest BCUT2D eigenvalue weighted by molar-refractivity contribution is 7.98. The maximum Gasteiger partial charge on any atom is 0.271 e. The van der Waals surface area contributed by atoms with Crippen molar-refractivity contribution in [3.8, 4) is 17.1 Å². The Hall–Kier alpha value is -3.57. The van der Waals surface area contributed by atoms with Gasteiger partial charge in [-0.3, -0.25) is 19.1 Å². The second-order valence-corrected chi connectivity index (χ2v) is 10.3. The third-order valence-electron chi connectivity index (χ3n) is 5.81. The Bertz CT molecular complexity index is 1350. The van der Waals surface area contributed by atoms with Gasteiger partial charge in [0.05, 0.1) is 5.75 Å². The van der Waals surface area contributed by atoms with Crippen LogP contribution in [0.5, 0.6) is 0 Å². The number of hydrogen-bond donors (Lipinski definition) is 2. The molecule has 2 amide bonds. The average molecular weight is 520 g/mol. The number of hydrogen-bond acceptors (Lipinski definition) is 8. The minimum absolute atomic E-state index is 0.132. The minimum atomic E-state index is -0.515. The van der Waals surface area contributed by atoms with Gasteiger partial charge in [0.15, 0.2) is 11.0 Å². The number of thioether (sulfide) groups is 1. The summed E-state index contributed by atoms with van der Waals surface area (Å²) in [5, 5.41) is 17.8. The van der Waals surface area contributed by atoms with E-state index in [1.54, 1.807) is 17.8 Å². The Kier molecular flexibility index (Phi) is 7.38. The van der Waals surface area contributed by atoms with E-state index in [-0.39, 0.29) is 11.8 Å². The summed E-state index contributed by atoms with van der Waals surface area (Å²) in [6, 6.07) is 11.5. The molecule has 36 heavy (non-hydrogen) atoms. The lowest BCUT2D eigenvalue weighted by molar-refractivity contribution is -0.122. The van der Waals surface area contributed by atoms with E-state index >= 15 is 0 Å². The van der Waals surface area contributed by atoms with E-state index in [9.17, 15) is 9.59 Å². The number of carbonyl (C=O) groups is 2. The summed E-state index contributed by atoms with van der Waals surface area (Å²) in [4.78, 5) is 33.5. The van der Waals surface area contributed by atoms with Gasteiger partial charge in [0, 0.05) is 35.6 Å². The Morgan fingerprint density at radius 1 is 1.17 bits per heavy atom. The summed E-state index contributed by atoms with van der Waals surface area (Å²) in [5.74, 6) is 0.798. The lowest BCUT2D eigenvalue weighted by atomic mass is 10.1. The zero-order valence-corrected chi connectivity index (χ0v) is 21.3. The predicted octanol–water partition coefficient (Wildman–Crippen LogP) is 3.79. The molecule has 1 atom stereocenters. The first kappa shape index (κ1) is 24.1. The first-order valence-electron chi connectivity index (χ1n) is 11.7. The molecule has 11 heteroatoms. The number of pyridine rings is 1. The van der Waals surface area contributed by atoms with E-state index in [0.29, 0.717) is 24.4 Å². The zero-order chi connectivity index (χ0) is 24.9. The predicted molar refractivity (Wildman–Crippen MR) is 139 cm³/mol. The first-order chi connectivity index (χ1) is 17.6. The van der Waals surface area contributed by atoms with Crippen LogP contribution in [0.15, 0.2) is 59.3 Å². The van der Waals surface area contributed by atoms with Crippen LogP contribution in [-0.2, 0) is 10.5 Å². The second-order valence-electron chi connectivity index (χ2n) is 8.44. The van der Waals surface area contributed by atoms with Crippen LogP contribution in [0.4, 0.5) is 0 Å². The van der Waals surface area contributed by atoms with Crippen LogP contribution in [-0.4, -0.2) is 49.1 Å². The molecule has 2 N–H and O–H groups in total. The normalized spacial score (nSPS) is 15.8. The third kappa shape index (κ3) is 5.47. The van der Waals surface area contributed by atoms with Gasteiger partial charge in [0.2, 0.25) is 5.91 Å². The number of aromatic nitrogens is 5. The number of amides is 2. The molecule has 0 aliphatic carbocycles. The van der Waals surface area contributed by atoms with Crippen molar-refractivity contribution >= 4 is 34.9 Å². The van der Waals surface area contributed by atoms with Gasteiger partial charge in [-0.25, -0.2) is 4.98 Å². The molecule has 4 aromatic rings. The third-order valence-corrected chi connectivity index (χ3v) is 7.79. The molecule has 0 saturated carbocycles. The fourth-order valence-electron chi connectivity index (χ4n) is 3.89. The van der Waals surface area contributed by atoms with E-state index < -0.39 is 6.04 Å². The van der Waals surface area contributed by atoms with Crippen LogP contribution in [0.1, 0.15) is 40.3 Å². The molecule has 1 fully saturated rings. The summed E-state index contributed by atoms with van der Waals surface area (Å²) in [7, 11) is 0. The topological polar surface area (TPSA) is 115 Å². The molecule has 4 heterocycles. The largest absolute Gasteiger partial charge is 0.354 e. The number of aryl methyl sites for hydroxylation is 1. The van der Waals surface area contributed by atoms with Gasteiger partial charge in [-0.2, -0.15) is 0 Å². The zero-order valence-electron chi connectivity index (χ0n) is 19.7. The van der Waals surface area contributed by atoms with Crippen LogP contribution < -0.4 is 10.6 Å². The van der Waals surface area contributed by atoms with E-state index in [2.05, 4.69) is 42.9 Å². The number of rotatable bonds is 7. The van der Waals surface area contributed by atoms with Crippen LogP contribution in [0.3, 0.4) is 0 Å². The molecule has 3 aromatic heterocycles. The van der Waals surface area contributed by atoms with Crippen molar-refractivity contribution in [3.63, 3.8) is 0 Å². The van der Waals surface area contributed by atoms with Gasteiger partial charge < -0.3 is 10.6 Å². The summed E-state index contributed by atoms with van der Waals surface area (Å²) in [6.07, 6.45) is 5.92. The van der Waals surface area contributed by atoms with Crippen LogP contribution in [0.2, 0.25) is 0 Å². The minimum Gasteiger partial charge on any atom is -0.354 e. The molecule has 184 valence electrons. The average Bonchev–Trinajstić information content (AvgIpc) is 3.50. The molecule has 1 aliphatic rings. The van der Waals surface area contributed by atoms with Crippen molar-refractivity contribution in [2.45, 2.75) is 43.1 Å². The van der Waals surface area contributed by atoms with Gasteiger partial charge in [-0.05, 0) is 50.5 Å². The van der Waals surface area contributed by atoms with Crippen molar-refractivity contribution in [2.75, 3.05) is 6.54 Å². The Labute approximate surface area is 216 Å². The van der Waals surface area contributed by atoms with Crippen molar-refractivity contribution in [1.29, 1.82) is 0 Å². The fourth-order valence-corrected chi connectivity index (χ4v) is 5.64. The van der Waals surface area contributed by atoms with Gasteiger partial charge in [0.25, 0.3) is 5.91 Å². The maximum absolute atomic E-state index is 12.7. The molecule has 1 unspecified atom stereocenters. The summed E-state index contributed by atoms with van der Waals surface area (Å²) < 4.78 is 2.02. The number of nitrogens with one attached hydrogen (secondary N) is 2. The number of carbonyl (C=O) groups excluding carboxylic acids is 2. The molecular weight excluding hydrogens is 494 g/mol. The van der Waals surface area contributed by atoms with Crippen LogP contribution >= 0.6 is 23.1 Å². The summed E-state index contributed by atoms with van der Waals surface area (Å²) in [5.41, 5.74) is 3.37. The van der Waals surface area contributed by atoms with Crippen LogP contribution in [0, 0.1) is 6.92 Å². The van der Waals surface area contributed by atoms with E-state index in [4.69, 9.17) is 0 Å². The SMILES string of the molecule is Cc1ccc(-n2c(SCc3nc(C(=O)NC4CCCCNC4=O)cs3)nnc2-c2ccncc2)cc1. The van der Waals surface area contributed by atoms with Crippen molar-refractivity contribution in [3.05, 3.63) is 70.4 Å². The van der Waals surface area contributed by atoms with Gasteiger partial charge in [-0.15, -0.1) is 21.5 Å². The highest BCUT2D eigenvalue weighted by Gasteiger charge is 2.24. The smallest absolute Gasteiger partial charge is 0.271 e. The molecular formula is C25H25N7O2S2. The van der Waals surface area contributed by atoms with Crippen molar-refractivity contribution < 1.29 is 9.59 Å². The standard InChI is InChI=1S/C25H25N7O2S2/c1-16-5-7-18(8-6-16)32-22(17-9-12-26-13-10-17)30-31-25(32)36-15-21-28-20(14-35-21)24(34)29-19-4-2-3-11-27-23(19)33/h5-10,12-14,19H,2-4,11,15H2,1H3,(H,27,33)(H,29,34). The molecule has 0 radical (unpaired) electrons. The molecule has 1 aliphatic heterocycles. The second kappa shape index (κ2) is 11.0. The summed E-state index contributed by atoms with van der Waals surface area (Å²) in [6.45, 7) is 2.70. The van der Waals surface area contributed by atoms with E-state index in [1.165, 1.54) is 28.7 Å². The fraction of sp³-hybridized carbons (Fsp3) is 0.280. The molecule has 9 nitrogen and oxygen atoms in total. The molecule has 1 aromatic carbocycles. The van der Waals surface area contributed by atoms with Gasteiger partial charge in [0.1, 0.15) is 16.7 Å². The molecule has 0 bridgehead atoms. The van der Waals surface area contributed by atoms with E-state index in [1.807, 2.05) is 35.8 Å². The Morgan fingerprint density at radius 3 is 2.78 bits per heavy atom. The quantitative estimate of drug-likeness (QED) is 0.357. The number of nitrogens with zero attached hydrogens (tertiary/aromatic N) is 5.